The summed E-state index contributed by atoms with van der Waals surface area (Å²) in [4.78, 5) is 32.3. The molecule has 1 aliphatic carbocycles. The minimum absolute atomic E-state index is 0.403. The molecule has 0 aliphatic heterocycles. The van der Waals surface area contributed by atoms with Gasteiger partial charge < -0.3 is 20.4 Å². The lowest BCUT2D eigenvalue weighted by Gasteiger charge is -2.36. The normalized spacial score (nSPS) is 25.4. The average molecular weight is 352 g/mol. The fraction of sp³-hybridized carbons (Fsp3) is 0.500. The van der Waals surface area contributed by atoms with E-state index in [0.29, 0.717) is 18.4 Å². The molecule has 1 aromatic carbocycles. The smallest absolute Gasteiger partial charge is 0.337 e. The maximum Gasteiger partial charge on any atom is 0.337 e. The fourth-order valence-corrected chi connectivity index (χ4v) is 3.09. The molecule has 3 unspecified atom stereocenters. The summed E-state index contributed by atoms with van der Waals surface area (Å²) in [7, 11) is 0. The van der Waals surface area contributed by atoms with E-state index in [-0.39, 0.29) is 0 Å². The number of hydrogen-bond acceptors (Lipinski definition) is 4. The lowest BCUT2D eigenvalue weighted by molar-refractivity contribution is -0.157. The van der Waals surface area contributed by atoms with Crippen molar-refractivity contribution in [2.45, 2.75) is 39.7 Å². The van der Waals surface area contributed by atoms with Crippen LogP contribution in [0.25, 0.3) is 0 Å². The Hall–Kier alpha value is -2.41. The zero-order chi connectivity index (χ0) is 19.4. The maximum atomic E-state index is 11.1. The molecule has 1 aromatic rings. The van der Waals surface area contributed by atoms with Crippen LogP contribution < -0.4 is 0 Å². The second-order valence-corrected chi connectivity index (χ2v) is 6.94. The minimum atomic E-state index is -1.41. The maximum absolute atomic E-state index is 11.1. The van der Waals surface area contributed by atoms with Crippen molar-refractivity contribution in [3.63, 3.8) is 0 Å². The van der Waals surface area contributed by atoms with Crippen LogP contribution in [0, 0.1) is 16.7 Å². The van der Waals surface area contributed by atoms with E-state index in [2.05, 4.69) is 0 Å². The SMILES string of the molecule is CC1(C(=O)O)CCC(C(=O)O)C1(C)C.O=C(O)C(O)c1ccccc1. The van der Waals surface area contributed by atoms with Crippen LogP contribution in [0.5, 0.6) is 0 Å². The summed E-state index contributed by atoms with van der Waals surface area (Å²) >= 11 is 0. The summed E-state index contributed by atoms with van der Waals surface area (Å²) in [5.74, 6) is -3.56. The summed E-state index contributed by atoms with van der Waals surface area (Å²) in [6.07, 6.45) is -0.520. The van der Waals surface area contributed by atoms with Gasteiger partial charge in [-0.25, -0.2) is 4.79 Å². The van der Waals surface area contributed by atoms with Gasteiger partial charge >= 0.3 is 17.9 Å². The highest BCUT2D eigenvalue weighted by molar-refractivity contribution is 5.80. The van der Waals surface area contributed by atoms with Crippen LogP contribution in [0.2, 0.25) is 0 Å². The highest BCUT2D eigenvalue weighted by atomic mass is 16.4. The van der Waals surface area contributed by atoms with E-state index in [4.69, 9.17) is 20.4 Å². The van der Waals surface area contributed by atoms with Gasteiger partial charge in [-0.05, 0) is 30.7 Å². The number of carboxylic acid groups (broad SMARTS) is 3. The Balaban J connectivity index is 0.000000257. The highest BCUT2D eigenvalue weighted by Gasteiger charge is 2.58. The van der Waals surface area contributed by atoms with Crippen molar-refractivity contribution >= 4 is 17.9 Å². The first-order valence-corrected chi connectivity index (χ1v) is 7.87. The van der Waals surface area contributed by atoms with Gasteiger partial charge in [-0.2, -0.15) is 0 Å². The Morgan fingerprint density at radius 3 is 1.88 bits per heavy atom. The number of aliphatic hydroxyl groups excluding tert-OH is 1. The van der Waals surface area contributed by atoms with Crippen LogP contribution in [0.4, 0.5) is 0 Å². The zero-order valence-electron chi connectivity index (χ0n) is 14.5. The van der Waals surface area contributed by atoms with E-state index in [1.807, 2.05) is 0 Å². The van der Waals surface area contributed by atoms with Gasteiger partial charge in [0.2, 0.25) is 0 Å². The lowest BCUT2D eigenvalue weighted by Crippen LogP contribution is -2.42. The molecule has 0 heterocycles. The van der Waals surface area contributed by atoms with Crippen LogP contribution in [0.15, 0.2) is 30.3 Å². The number of aliphatic hydroxyl groups is 1. The van der Waals surface area contributed by atoms with E-state index in [1.165, 1.54) is 0 Å². The van der Waals surface area contributed by atoms with Gasteiger partial charge in [0.25, 0.3) is 0 Å². The van der Waals surface area contributed by atoms with Crippen LogP contribution in [-0.4, -0.2) is 38.3 Å². The molecule has 0 aromatic heterocycles. The first kappa shape index (κ1) is 20.6. The molecular weight excluding hydrogens is 328 g/mol. The van der Waals surface area contributed by atoms with E-state index >= 15 is 0 Å². The minimum Gasteiger partial charge on any atom is -0.481 e. The topological polar surface area (TPSA) is 132 Å². The standard InChI is InChI=1S/C10H16O4.C8H8O3/c1-9(2)6(7(11)12)4-5-10(9,3)8(13)14;9-7(8(10)11)6-4-2-1-3-5-6/h6H,4-5H2,1-3H3,(H,11,12)(H,13,14);1-5,7,9H,(H,10,11). The molecule has 1 fully saturated rings. The molecule has 2 rings (SSSR count). The Bertz CT molecular complexity index is 638. The second kappa shape index (κ2) is 7.65. The molecule has 7 nitrogen and oxygen atoms in total. The predicted octanol–water partition coefficient (Wildman–Crippen LogP) is 2.40. The molecule has 1 aliphatic rings. The monoisotopic (exact) mass is 352 g/mol. The fourth-order valence-electron chi connectivity index (χ4n) is 3.09. The molecule has 0 bridgehead atoms. The number of benzene rings is 1. The van der Waals surface area contributed by atoms with Gasteiger partial charge in [-0.3, -0.25) is 9.59 Å². The largest absolute Gasteiger partial charge is 0.481 e. The molecule has 0 amide bonds. The van der Waals surface area contributed by atoms with E-state index in [9.17, 15) is 14.4 Å². The molecule has 25 heavy (non-hydrogen) atoms. The number of rotatable bonds is 4. The van der Waals surface area contributed by atoms with Gasteiger partial charge in [0, 0.05) is 0 Å². The van der Waals surface area contributed by atoms with Crippen molar-refractivity contribution < 1.29 is 34.8 Å². The summed E-state index contributed by atoms with van der Waals surface area (Å²) in [5.41, 5.74) is -1.21. The molecule has 0 saturated heterocycles. The Kier molecular flexibility index (Phi) is 6.31. The summed E-state index contributed by atoms with van der Waals surface area (Å²) < 4.78 is 0. The van der Waals surface area contributed by atoms with Crippen LogP contribution >= 0.6 is 0 Å². The van der Waals surface area contributed by atoms with Crippen molar-refractivity contribution in [3.05, 3.63) is 35.9 Å². The lowest BCUT2D eigenvalue weighted by atomic mass is 9.66. The number of aliphatic carboxylic acids is 3. The van der Waals surface area contributed by atoms with Crippen molar-refractivity contribution in [1.82, 2.24) is 0 Å². The third-order valence-corrected chi connectivity index (χ3v) is 5.35. The third-order valence-electron chi connectivity index (χ3n) is 5.35. The van der Waals surface area contributed by atoms with Gasteiger partial charge in [-0.15, -0.1) is 0 Å². The predicted molar refractivity (Wildman–Crippen MR) is 88.9 cm³/mol. The molecule has 7 heteroatoms. The highest BCUT2D eigenvalue weighted by Crippen LogP contribution is 2.56. The Morgan fingerprint density at radius 2 is 1.56 bits per heavy atom. The summed E-state index contributed by atoms with van der Waals surface area (Å²) in [6.45, 7) is 5.10. The zero-order valence-corrected chi connectivity index (χ0v) is 14.5. The van der Waals surface area contributed by atoms with Crippen LogP contribution in [0.1, 0.15) is 45.3 Å². The van der Waals surface area contributed by atoms with E-state index in [0.717, 1.165) is 0 Å². The quantitative estimate of drug-likeness (QED) is 0.654. The van der Waals surface area contributed by atoms with Crippen molar-refractivity contribution in [2.24, 2.45) is 16.7 Å². The number of hydrogen-bond donors (Lipinski definition) is 4. The first-order valence-electron chi connectivity index (χ1n) is 7.87. The average Bonchev–Trinajstić information content (AvgIpc) is 2.79. The third kappa shape index (κ3) is 4.17. The van der Waals surface area contributed by atoms with Gasteiger partial charge in [-0.1, -0.05) is 44.2 Å². The molecule has 1 saturated carbocycles. The molecule has 3 atom stereocenters. The van der Waals surface area contributed by atoms with E-state index < -0.39 is 40.8 Å². The van der Waals surface area contributed by atoms with Crippen molar-refractivity contribution in [1.29, 1.82) is 0 Å². The van der Waals surface area contributed by atoms with Gasteiger partial charge in [0.05, 0.1) is 11.3 Å². The molecular formula is C18H24O7. The first-order chi connectivity index (χ1) is 11.4. The molecule has 4 N–H and O–H groups in total. The second-order valence-electron chi connectivity index (χ2n) is 6.94. The Morgan fingerprint density at radius 1 is 1.04 bits per heavy atom. The van der Waals surface area contributed by atoms with Crippen molar-refractivity contribution in [2.75, 3.05) is 0 Å². The Labute approximate surface area is 145 Å². The summed E-state index contributed by atoms with van der Waals surface area (Å²) in [6, 6.07) is 8.26. The van der Waals surface area contributed by atoms with Crippen LogP contribution in [-0.2, 0) is 14.4 Å². The molecule has 138 valence electrons. The van der Waals surface area contributed by atoms with E-state index in [1.54, 1.807) is 51.1 Å². The van der Waals surface area contributed by atoms with Crippen molar-refractivity contribution in [3.8, 4) is 0 Å². The van der Waals surface area contributed by atoms with Gasteiger partial charge in [0.15, 0.2) is 6.10 Å². The van der Waals surface area contributed by atoms with Gasteiger partial charge in [0.1, 0.15) is 0 Å². The molecule has 0 spiro atoms. The number of carbonyl (C=O) groups is 3. The number of carboxylic acids is 3. The van der Waals surface area contributed by atoms with Crippen LogP contribution in [0.3, 0.4) is 0 Å². The molecule has 0 radical (unpaired) electrons. The summed E-state index contributed by atoms with van der Waals surface area (Å²) in [5, 5.41) is 35.5.